The lowest BCUT2D eigenvalue weighted by atomic mass is 9.78. The molecule has 88 valence electrons. The number of nitrogens with two attached hydrogens (primary N) is 1. The van der Waals surface area contributed by atoms with E-state index in [1.54, 1.807) is 12.1 Å². The van der Waals surface area contributed by atoms with Crippen LogP contribution in [0, 0.1) is 5.82 Å². The Labute approximate surface area is 95.3 Å². The van der Waals surface area contributed by atoms with Crippen LogP contribution in [0.1, 0.15) is 31.7 Å². The molecule has 3 heteroatoms. The van der Waals surface area contributed by atoms with E-state index in [1.807, 2.05) is 6.92 Å². The summed E-state index contributed by atoms with van der Waals surface area (Å²) in [5, 5.41) is 10.0. The summed E-state index contributed by atoms with van der Waals surface area (Å²) in [5.41, 5.74) is 6.06. The van der Waals surface area contributed by atoms with Crippen LogP contribution < -0.4 is 5.73 Å². The van der Waals surface area contributed by atoms with E-state index < -0.39 is 5.60 Å². The van der Waals surface area contributed by atoms with Crippen molar-refractivity contribution in [1.82, 2.24) is 0 Å². The predicted molar refractivity (Wildman–Crippen MR) is 61.6 cm³/mol. The highest BCUT2D eigenvalue weighted by atomic mass is 19.1. The second kappa shape index (κ2) is 3.82. The Morgan fingerprint density at radius 3 is 2.38 bits per heavy atom. The lowest BCUT2D eigenvalue weighted by Crippen LogP contribution is -2.35. The Morgan fingerprint density at radius 1 is 1.31 bits per heavy atom. The van der Waals surface area contributed by atoms with Crippen molar-refractivity contribution in [1.29, 1.82) is 0 Å². The first-order chi connectivity index (χ1) is 7.47. The van der Waals surface area contributed by atoms with Gasteiger partial charge in [0, 0.05) is 12.0 Å². The van der Waals surface area contributed by atoms with Gasteiger partial charge in [-0.2, -0.15) is 0 Å². The second-order valence-electron chi connectivity index (χ2n) is 5.17. The van der Waals surface area contributed by atoms with Gasteiger partial charge >= 0.3 is 0 Å². The van der Waals surface area contributed by atoms with Crippen LogP contribution in [0.25, 0.3) is 0 Å². The van der Waals surface area contributed by atoms with Crippen LogP contribution in [0.15, 0.2) is 24.3 Å². The quantitative estimate of drug-likeness (QED) is 0.805. The van der Waals surface area contributed by atoms with Crippen molar-refractivity contribution in [3.05, 3.63) is 35.6 Å². The zero-order valence-electron chi connectivity index (χ0n) is 9.54. The molecular weight excluding hydrogens is 205 g/mol. The molecule has 2 atom stereocenters. The summed E-state index contributed by atoms with van der Waals surface area (Å²) in [6.07, 6.45) is 2.27. The van der Waals surface area contributed by atoms with E-state index in [4.69, 9.17) is 5.73 Å². The number of aliphatic hydroxyl groups is 1. The first-order valence-electron chi connectivity index (χ1n) is 5.66. The van der Waals surface area contributed by atoms with E-state index >= 15 is 0 Å². The maximum absolute atomic E-state index is 12.9. The van der Waals surface area contributed by atoms with Gasteiger partial charge in [0.05, 0.1) is 5.60 Å². The van der Waals surface area contributed by atoms with Gasteiger partial charge in [-0.15, -0.1) is 0 Å². The Morgan fingerprint density at radius 2 is 1.94 bits per heavy atom. The maximum atomic E-state index is 12.9. The molecule has 0 spiro atoms. The molecule has 2 rings (SSSR count). The molecule has 1 aromatic carbocycles. The third-order valence-corrected chi connectivity index (χ3v) is 3.71. The molecule has 1 fully saturated rings. The van der Waals surface area contributed by atoms with Gasteiger partial charge < -0.3 is 10.8 Å². The van der Waals surface area contributed by atoms with Crippen LogP contribution in [-0.4, -0.2) is 17.3 Å². The number of hydrogen-bond donors (Lipinski definition) is 2. The van der Waals surface area contributed by atoms with Crippen molar-refractivity contribution in [3.63, 3.8) is 0 Å². The standard InChI is InChI=1S/C13H18FNO/c1-12(16)6-7-13(8-12,9-15)10-2-4-11(14)5-3-10/h2-5,16H,6-9,15H2,1H3. The van der Waals surface area contributed by atoms with E-state index in [0.29, 0.717) is 13.0 Å². The summed E-state index contributed by atoms with van der Waals surface area (Å²) in [7, 11) is 0. The summed E-state index contributed by atoms with van der Waals surface area (Å²) in [4.78, 5) is 0. The minimum Gasteiger partial charge on any atom is -0.390 e. The lowest BCUT2D eigenvalue weighted by Gasteiger charge is -2.29. The SMILES string of the molecule is CC1(O)CCC(CN)(c2ccc(F)cc2)C1. The maximum Gasteiger partial charge on any atom is 0.123 e. The molecule has 2 nitrogen and oxygen atoms in total. The van der Waals surface area contributed by atoms with Crippen molar-refractivity contribution in [2.24, 2.45) is 5.73 Å². The molecule has 0 saturated heterocycles. The van der Waals surface area contributed by atoms with E-state index in [-0.39, 0.29) is 11.2 Å². The van der Waals surface area contributed by atoms with Crippen LogP contribution >= 0.6 is 0 Å². The Kier molecular flexibility index (Phi) is 2.76. The number of rotatable bonds is 2. The molecule has 3 N–H and O–H groups in total. The van der Waals surface area contributed by atoms with E-state index in [2.05, 4.69) is 0 Å². The number of hydrogen-bond acceptors (Lipinski definition) is 2. The summed E-state index contributed by atoms with van der Waals surface area (Å²) in [6.45, 7) is 2.34. The summed E-state index contributed by atoms with van der Waals surface area (Å²) in [6, 6.07) is 6.48. The molecule has 2 unspecified atom stereocenters. The average molecular weight is 223 g/mol. The summed E-state index contributed by atoms with van der Waals surface area (Å²) >= 11 is 0. The van der Waals surface area contributed by atoms with Crippen molar-refractivity contribution in [3.8, 4) is 0 Å². The van der Waals surface area contributed by atoms with Crippen LogP contribution in [0.2, 0.25) is 0 Å². The zero-order chi connectivity index (χ0) is 11.8. The van der Waals surface area contributed by atoms with Gasteiger partial charge in [-0.05, 0) is 43.9 Å². The molecule has 0 aromatic heterocycles. The molecule has 1 aliphatic carbocycles. The largest absolute Gasteiger partial charge is 0.390 e. The molecule has 1 aromatic rings. The highest BCUT2D eigenvalue weighted by Crippen LogP contribution is 2.45. The van der Waals surface area contributed by atoms with Gasteiger partial charge in [0.1, 0.15) is 5.82 Å². The molecule has 0 heterocycles. The van der Waals surface area contributed by atoms with Crippen molar-refractivity contribution in [2.45, 2.75) is 37.2 Å². The minimum atomic E-state index is -0.645. The fraction of sp³-hybridized carbons (Fsp3) is 0.538. The van der Waals surface area contributed by atoms with E-state index in [0.717, 1.165) is 18.4 Å². The lowest BCUT2D eigenvalue weighted by molar-refractivity contribution is 0.0612. The van der Waals surface area contributed by atoms with Crippen molar-refractivity contribution < 1.29 is 9.50 Å². The van der Waals surface area contributed by atoms with Crippen LogP contribution in [-0.2, 0) is 5.41 Å². The Balaban J connectivity index is 2.33. The number of benzene rings is 1. The van der Waals surface area contributed by atoms with Gasteiger partial charge in [0.15, 0.2) is 0 Å². The summed E-state index contributed by atoms with van der Waals surface area (Å²) in [5.74, 6) is -0.235. The van der Waals surface area contributed by atoms with Crippen molar-refractivity contribution in [2.75, 3.05) is 6.54 Å². The highest BCUT2D eigenvalue weighted by Gasteiger charge is 2.44. The fourth-order valence-corrected chi connectivity index (χ4v) is 2.76. The smallest absolute Gasteiger partial charge is 0.123 e. The van der Waals surface area contributed by atoms with E-state index in [9.17, 15) is 9.50 Å². The molecule has 0 radical (unpaired) electrons. The van der Waals surface area contributed by atoms with E-state index in [1.165, 1.54) is 12.1 Å². The Hall–Kier alpha value is -0.930. The normalized spacial score (nSPS) is 34.2. The van der Waals surface area contributed by atoms with Gasteiger partial charge in [-0.25, -0.2) is 4.39 Å². The third-order valence-electron chi connectivity index (χ3n) is 3.71. The number of halogens is 1. The van der Waals surface area contributed by atoms with Crippen molar-refractivity contribution >= 4 is 0 Å². The molecule has 0 bridgehead atoms. The highest BCUT2D eigenvalue weighted by molar-refractivity contribution is 5.29. The monoisotopic (exact) mass is 223 g/mol. The van der Waals surface area contributed by atoms with Crippen LogP contribution in [0.3, 0.4) is 0 Å². The van der Waals surface area contributed by atoms with Gasteiger partial charge in [0.2, 0.25) is 0 Å². The second-order valence-corrected chi connectivity index (χ2v) is 5.17. The molecule has 1 saturated carbocycles. The molecular formula is C13H18FNO. The Bertz CT molecular complexity index is 374. The minimum absolute atomic E-state index is 0.183. The fourth-order valence-electron chi connectivity index (χ4n) is 2.76. The van der Waals surface area contributed by atoms with Crippen LogP contribution in [0.4, 0.5) is 4.39 Å². The first-order valence-corrected chi connectivity index (χ1v) is 5.66. The van der Waals surface area contributed by atoms with Gasteiger partial charge in [-0.3, -0.25) is 0 Å². The zero-order valence-corrected chi connectivity index (χ0v) is 9.54. The predicted octanol–water partition coefficient (Wildman–Crippen LogP) is 1.96. The topological polar surface area (TPSA) is 46.2 Å². The molecule has 0 amide bonds. The first kappa shape index (κ1) is 11.6. The van der Waals surface area contributed by atoms with Crippen LogP contribution in [0.5, 0.6) is 0 Å². The third kappa shape index (κ3) is 1.97. The van der Waals surface area contributed by atoms with Gasteiger partial charge in [0.25, 0.3) is 0 Å². The molecule has 1 aliphatic rings. The van der Waals surface area contributed by atoms with Gasteiger partial charge in [-0.1, -0.05) is 12.1 Å². The molecule has 0 aliphatic heterocycles. The molecule has 16 heavy (non-hydrogen) atoms. The summed E-state index contributed by atoms with van der Waals surface area (Å²) < 4.78 is 12.9. The average Bonchev–Trinajstić information content (AvgIpc) is 2.57.